The van der Waals surface area contributed by atoms with Crippen LogP contribution in [0, 0.1) is 17.1 Å². The van der Waals surface area contributed by atoms with E-state index in [4.69, 9.17) is 5.26 Å². The number of carbonyl (C=O) groups excluding carboxylic acids is 3. The van der Waals surface area contributed by atoms with Gasteiger partial charge in [0.15, 0.2) is 0 Å². The first kappa shape index (κ1) is 11.7. The summed E-state index contributed by atoms with van der Waals surface area (Å²) in [7, 11) is 0. The summed E-state index contributed by atoms with van der Waals surface area (Å²) in [5, 5.41) is 10.5. The van der Waals surface area contributed by atoms with Crippen molar-refractivity contribution < 1.29 is 18.8 Å². The summed E-state index contributed by atoms with van der Waals surface area (Å²) in [4.78, 5) is 34.5. The number of nitrogens with one attached hydrogen (secondary N) is 1. The highest BCUT2D eigenvalue weighted by atomic mass is 19.1. The Kier molecular flexibility index (Phi) is 2.77. The van der Waals surface area contributed by atoms with Crippen LogP contribution in [0.1, 0.15) is 12.0 Å². The van der Waals surface area contributed by atoms with E-state index >= 15 is 0 Å². The molecule has 1 N–H and O–H groups in total. The number of urea groups is 1. The Morgan fingerprint density at radius 3 is 2.61 bits per heavy atom. The van der Waals surface area contributed by atoms with Crippen LogP contribution in [0.4, 0.5) is 14.9 Å². The van der Waals surface area contributed by atoms with Gasteiger partial charge in [-0.1, -0.05) is 0 Å². The summed E-state index contributed by atoms with van der Waals surface area (Å²) in [5.74, 6) is -2.42. The fourth-order valence-corrected chi connectivity index (χ4v) is 1.55. The topological polar surface area (TPSA) is 90.3 Å². The van der Waals surface area contributed by atoms with Gasteiger partial charge in [-0.05, 0) is 18.2 Å². The maximum absolute atomic E-state index is 13.7. The second-order valence-corrected chi connectivity index (χ2v) is 3.54. The third-order valence-electron chi connectivity index (χ3n) is 2.33. The summed E-state index contributed by atoms with van der Waals surface area (Å²) in [6, 6.07) is 4.05. The van der Waals surface area contributed by atoms with E-state index in [1.165, 1.54) is 6.07 Å². The van der Waals surface area contributed by atoms with Gasteiger partial charge >= 0.3 is 6.03 Å². The Morgan fingerprint density at radius 2 is 2.06 bits per heavy atom. The zero-order valence-electron chi connectivity index (χ0n) is 8.94. The molecule has 0 aliphatic carbocycles. The molecule has 90 valence electrons. The predicted octanol–water partition coefficient (Wildman–Crippen LogP) is 0.670. The Hall–Kier alpha value is -2.75. The lowest BCUT2D eigenvalue weighted by molar-refractivity contribution is -0.128. The molecule has 1 aromatic rings. The largest absolute Gasteiger partial charge is 0.335 e. The highest BCUT2D eigenvalue weighted by Gasteiger charge is 2.33. The molecule has 2 rings (SSSR count). The van der Waals surface area contributed by atoms with Crippen LogP contribution in [0.15, 0.2) is 18.2 Å². The molecule has 0 atom stereocenters. The van der Waals surface area contributed by atoms with Gasteiger partial charge in [-0.25, -0.2) is 14.1 Å². The third-order valence-corrected chi connectivity index (χ3v) is 2.33. The lowest BCUT2D eigenvalue weighted by Crippen LogP contribution is -2.53. The molecule has 1 fully saturated rings. The van der Waals surface area contributed by atoms with E-state index < -0.39 is 30.1 Å². The number of amides is 4. The van der Waals surface area contributed by atoms with Gasteiger partial charge in [0.1, 0.15) is 12.2 Å². The van der Waals surface area contributed by atoms with Gasteiger partial charge in [-0.3, -0.25) is 14.9 Å². The fraction of sp³-hybridized carbons (Fsp3) is 0.0909. The van der Waals surface area contributed by atoms with E-state index in [0.717, 1.165) is 12.1 Å². The summed E-state index contributed by atoms with van der Waals surface area (Å²) < 4.78 is 13.7. The molecule has 0 unspecified atom stereocenters. The summed E-state index contributed by atoms with van der Waals surface area (Å²) in [6.45, 7) is 0. The number of hydrogen-bond donors (Lipinski definition) is 1. The van der Waals surface area contributed by atoms with E-state index in [2.05, 4.69) is 0 Å². The SMILES string of the molecule is N#Cc1ccc(N2C(=O)CC(=O)NC2=O)c(F)c1. The molecule has 0 radical (unpaired) electrons. The first-order valence-electron chi connectivity index (χ1n) is 4.89. The fourth-order valence-electron chi connectivity index (χ4n) is 1.55. The number of carbonyl (C=O) groups is 3. The van der Waals surface area contributed by atoms with Crippen LogP contribution in [0.2, 0.25) is 0 Å². The molecule has 0 bridgehead atoms. The van der Waals surface area contributed by atoms with Crippen LogP contribution >= 0.6 is 0 Å². The van der Waals surface area contributed by atoms with Gasteiger partial charge in [-0.2, -0.15) is 5.26 Å². The average Bonchev–Trinajstić information content (AvgIpc) is 2.29. The van der Waals surface area contributed by atoms with Crippen molar-refractivity contribution in [2.24, 2.45) is 0 Å². The van der Waals surface area contributed by atoms with E-state index in [0.29, 0.717) is 4.90 Å². The van der Waals surface area contributed by atoms with Gasteiger partial charge in [0.25, 0.3) is 0 Å². The Balaban J connectivity index is 2.43. The average molecular weight is 247 g/mol. The monoisotopic (exact) mass is 247 g/mol. The Morgan fingerprint density at radius 1 is 1.33 bits per heavy atom. The van der Waals surface area contributed by atoms with Crippen LogP contribution in [0.3, 0.4) is 0 Å². The molecule has 4 amide bonds. The first-order chi connectivity index (χ1) is 8.52. The number of imide groups is 2. The molecule has 1 aromatic carbocycles. The molecule has 1 heterocycles. The molecule has 1 saturated heterocycles. The van der Waals surface area contributed by atoms with Crippen LogP contribution in [-0.2, 0) is 9.59 Å². The standard InChI is InChI=1S/C11H6FN3O3/c12-7-3-6(5-13)1-2-8(7)15-10(17)4-9(16)14-11(15)18/h1-3H,4H2,(H,14,16,18). The molecule has 6 nitrogen and oxygen atoms in total. The lowest BCUT2D eigenvalue weighted by Gasteiger charge is -2.24. The smallest absolute Gasteiger partial charge is 0.277 e. The maximum Gasteiger partial charge on any atom is 0.335 e. The van der Waals surface area contributed by atoms with Crippen molar-refractivity contribution in [3.8, 4) is 6.07 Å². The number of barbiturate groups is 1. The van der Waals surface area contributed by atoms with Crippen molar-refractivity contribution in [3.63, 3.8) is 0 Å². The molecule has 1 aliphatic heterocycles. The summed E-state index contributed by atoms with van der Waals surface area (Å²) >= 11 is 0. The minimum Gasteiger partial charge on any atom is -0.277 e. The van der Waals surface area contributed by atoms with Crippen LogP contribution in [0.5, 0.6) is 0 Å². The van der Waals surface area contributed by atoms with E-state index in [9.17, 15) is 18.8 Å². The van der Waals surface area contributed by atoms with Crippen molar-refractivity contribution in [2.45, 2.75) is 6.42 Å². The van der Waals surface area contributed by atoms with Crippen molar-refractivity contribution in [2.75, 3.05) is 4.90 Å². The first-order valence-corrected chi connectivity index (χ1v) is 4.89. The Bertz CT molecular complexity index is 586. The number of nitrogens with zero attached hydrogens (tertiary/aromatic N) is 2. The molecule has 0 spiro atoms. The second kappa shape index (κ2) is 4.25. The van der Waals surface area contributed by atoms with Crippen LogP contribution < -0.4 is 10.2 Å². The lowest BCUT2D eigenvalue weighted by atomic mass is 10.2. The molecule has 18 heavy (non-hydrogen) atoms. The highest BCUT2D eigenvalue weighted by Crippen LogP contribution is 2.22. The van der Waals surface area contributed by atoms with Crippen molar-refractivity contribution >= 4 is 23.5 Å². The number of benzene rings is 1. The van der Waals surface area contributed by atoms with Gasteiger partial charge < -0.3 is 0 Å². The number of rotatable bonds is 1. The molecule has 7 heteroatoms. The maximum atomic E-state index is 13.7. The zero-order chi connectivity index (χ0) is 13.3. The highest BCUT2D eigenvalue weighted by molar-refractivity contribution is 6.26. The number of halogens is 1. The quantitative estimate of drug-likeness (QED) is 0.738. The zero-order valence-corrected chi connectivity index (χ0v) is 8.94. The minimum atomic E-state index is -1.00. The van der Waals surface area contributed by atoms with Crippen molar-refractivity contribution in [1.82, 2.24) is 5.32 Å². The van der Waals surface area contributed by atoms with Crippen LogP contribution in [-0.4, -0.2) is 17.8 Å². The Labute approximate surface area is 101 Å². The van der Waals surface area contributed by atoms with Crippen LogP contribution in [0.25, 0.3) is 0 Å². The van der Waals surface area contributed by atoms with Gasteiger partial charge in [-0.15, -0.1) is 0 Å². The number of hydrogen-bond acceptors (Lipinski definition) is 4. The normalized spacial score (nSPS) is 15.3. The van der Waals surface area contributed by atoms with E-state index in [-0.39, 0.29) is 11.3 Å². The van der Waals surface area contributed by atoms with Crippen molar-refractivity contribution in [1.29, 1.82) is 5.26 Å². The second-order valence-electron chi connectivity index (χ2n) is 3.54. The molecule has 0 saturated carbocycles. The number of anilines is 1. The molecule has 0 aromatic heterocycles. The molecule has 1 aliphatic rings. The minimum absolute atomic E-state index is 0.0668. The van der Waals surface area contributed by atoms with E-state index in [1.807, 2.05) is 5.32 Å². The predicted molar refractivity (Wildman–Crippen MR) is 56.8 cm³/mol. The number of nitriles is 1. The van der Waals surface area contributed by atoms with Gasteiger partial charge in [0.2, 0.25) is 11.8 Å². The molecular formula is C11H6FN3O3. The summed E-state index contributed by atoms with van der Waals surface area (Å²) in [6.07, 6.45) is -0.523. The van der Waals surface area contributed by atoms with Gasteiger partial charge in [0.05, 0.1) is 17.3 Å². The summed E-state index contributed by atoms with van der Waals surface area (Å²) in [5.41, 5.74) is -0.221. The molecular weight excluding hydrogens is 241 g/mol. The third kappa shape index (κ3) is 1.91. The van der Waals surface area contributed by atoms with Crippen molar-refractivity contribution in [3.05, 3.63) is 29.6 Å². The van der Waals surface area contributed by atoms with E-state index in [1.54, 1.807) is 6.07 Å². The van der Waals surface area contributed by atoms with Gasteiger partial charge in [0, 0.05) is 0 Å².